The van der Waals surface area contributed by atoms with Crippen LogP contribution < -0.4 is 0 Å². The van der Waals surface area contributed by atoms with E-state index in [4.69, 9.17) is 4.52 Å². The van der Waals surface area contributed by atoms with Gasteiger partial charge in [0, 0.05) is 10.5 Å². The second-order valence-corrected chi connectivity index (χ2v) is 4.88. The molecular weight excluding hydrogens is 294 g/mol. The van der Waals surface area contributed by atoms with E-state index in [0.29, 0.717) is 5.76 Å². The Labute approximate surface area is 114 Å². The molecule has 0 bridgehead atoms. The molecule has 0 amide bonds. The lowest BCUT2D eigenvalue weighted by atomic mass is 10.1. The SMILES string of the molecule is Cc1cc(CC(=O)/C=C/c2ccc(Br)cc2)on1. The molecule has 0 aliphatic heterocycles. The Bertz CT molecular complexity index is 570. The summed E-state index contributed by atoms with van der Waals surface area (Å²) in [6, 6.07) is 9.51. The van der Waals surface area contributed by atoms with Gasteiger partial charge in [-0.15, -0.1) is 0 Å². The molecule has 1 aromatic heterocycles. The largest absolute Gasteiger partial charge is 0.361 e. The molecular formula is C14H12BrNO2. The van der Waals surface area contributed by atoms with Crippen LogP contribution in [0.4, 0.5) is 0 Å². The summed E-state index contributed by atoms with van der Waals surface area (Å²) in [5.41, 5.74) is 1.77. The van der Waals surface area contributed by atoms with Gasteiger partial charge < -0.3 is 4.52 Å². The van der Waals surface area contributed by atoms with Crippen molar-refractivity contribution in [3.8, 4) is 0 Å². The Hall–Kier alpha value is -1.68. The monoisotopic (exact) mass is 305 g/mol. The van der Waals surface area contributed by atoms with Crippen LogP contribution in [0.25, 0.3) is 6.08 Å². The molecule has 0 saturated carbocycles. The van der Waals surface area contributed by atoms with Crippen LogP contribution in [-0.2, 0) is 11.2 Å². The van der Waals surface area contributed by atoms with Gasteiger partial charge in [-0.3, -0.25) is 4.79 Å². The molecule has 1 aromatic carbocycles. The van der Waals surface area contributed by atoms with Crippen LogP contribution in [0.1, 0.15) is 17.0 Å². The van der Waals surface area contributed by atoms with Gasteiger partial charge in [-0.25, -0.2) is 0 Å². The third-order valence-electron chi connectivity index (χ3n) is 2.36. The average Bonchev–Trinajstić information content (AvgIpc) is 2.74. The number of hydrogen-bond donors (Lipinski definition) is 0. The number of carbonyl (C=O) groups excluding carboxylic acids is 1. The Morgan fingerprint density at radius 3 is 2.72 bits per heavy atom. The number of aryl methyl sites for hydroxylation is 1. The van der Waals surface area contributed by atoms with Crippen molar-refractivity contribution in [2.45, 2.75) is 13.3 Å². The van der Waals surface area contributed by atoms with Crippen molar-refractivity contribution in [2.75, 3.05) is 0 Å². The van der Waals surface area contributed by atoms with E-state index in [1.807, 2.05) is 31.2 Å². The minimum atomic E-state index is -0.00549. The Balaban J connectivity index is 1.96. The maximum atomic E-state index is 11.7. The molecule has 92 valence electrons. The number of aromatic nitrogens is 1. The average molecular weight is 306 g/mol. The van der Waals surface area contributed by atoms with Crippen LogP contribution in [0.2, 0.25) is 0 Å². The second kappa shape index (κ2) is 5.78. The minimum absolute atomic E-state index is 0.00549. The normalized spacial score (nSPS) is 11.0. The summed E-state index contributed by atoms with van der Waals surface area (Å²) < 4.78 is 6.01. The number of halogens is 1. The first kappa shape index (κ1) is 12.8. The maximum absolute atomic E-state index is 11.7. The molecule has 0 unspecified atom stereocenters. The van der Waals surface area contributed by atoms with Gasteiger partial charge in [0.15, 0.2) is 5.78 Å². The second-order valence-electron chi connectivity index (χ2n) is 3.96. The summed E-state index contributed by atoms with van der Waals surface area (Å²) in [4.78, 5) is 11.7. The highest BCUT2D eigenvalue weighted by atomic mass is 79.9. The first-order valence-electron chi connectivity index (χ1n) is 5.52. The van der Waals surface area contributed by atoms with E-state index in [-0.39, 0.29) is 12.2 Å². The van der Waals surface area contributed by atoms with Crippen LogP contribution in [0, 0.1) is 6.92 Å². The lowest BCUT2D eigenvalue weighted by molar-refractivity contribution is -0.114. The van der Waals surface area contributed by atoms with E-state index in [1.165, 1.54) is 0 Å². The molecule has 2 aromatic rings. The smallest absolute Gasteiger partial charge is 0.163 e. The molecule has 0 aliphatic carbocycles. The number of benzene rings is 1. The van der Waals surface area contributed by atoms with Crippen LogP contribution in [-0.4, -0.2) is 10.9 Å². The summed E-state index contributed by atoms with van der Waals surface area (Å²) >= 11 is 3.36. The molecule has 0 aliphatic rings. The van der Waals surface area contributed by atoms with E-state index in [1.54, 1.807) is 18.2 Å². The van der Waals surface area contributed by atoms with E-state index in [9.17, 15) is 4.79 Å². The Kier molecular flexibility index (Phi) is 4.10. The van der Waals surface area contributed by atoms with E-state index >= 15 is 0 Å². The molecule has 0 atom stereocenters. The molecule has 0 saturated heterocycles. The van der Waals surface area contributed by atoms with Crippen molar-refractivity contribution in [3.05, 3.63) is 57.9 Å². The third kappa shape index (κ3) is 3.67. The highest BCUT2D eigenvalue weighted by Crippen LogP contribution is 2.12. The number of nitrogens with zero attached hydrogens (tertiary/aromatic N) is 1. The zero-order valence-electron chi connectivity index (χ0n) is 9.89. The van der Waals surface area contributed by atoms with Gasteiger partial charge in [-0.1, -0.05) is 39.3 Å². The summed E-state index contributed by atoms with van der Waals surface area (Å²) in [5, 5.41) is 3.74. The Morgan fingerprint density at radius 1 is 1.39 bits per heavy atom. The van der Waals surface area contributed by atoms with Crippen molar-refractivity contribution in [2.24, 2.45) is 0 Å². The van der Waals surface area contributed by atoms with Crippen molar-refractivity contribution >= 4 is 27.8 Å². The quantitative estimate of drug-likeness (QED) is 0.811. The van der Waals surface area contributed by atoms with Gasteiger partial charge in [-0.2, -0.15) is 0 Å². The molecule has 1 heterocycles. The number of rotatable bonds is 4. The zero-order valence-corrected chi connectivity index (χ0v) is 11.5. The first-order chi connectivity index (χ1) is 8.63. The van der Waals surface area contributed by atoms with Crippen LogP contribution in [0.5, 0.6) is 0 Å². The fraction of sp³-hybridized carbons (Fsp3) is 0.143. The van der Waals surface area contributed by atoms with Crippen molar-refractivity contribution in [1.29, 1.82) is 0 Å². The van der Waals surface area contributed by atoms with Crippen molar-refractivity contribution in [3.63, 3.8) is 0 Å². The summed E-state index contributed by atoms with van der Waals surface area (Å²) in [6.07, 6.45) is 3.59. The lowest BCUT2D eigenvalue weighted by Crippen LogP contribution is -1.96. The topological polar surface area (TPSA) is 43.1 Å². The van der Waals surface area contributed by atoms with Gasteiger partial charge in [0.2, 0.25) is 0 Å². The fourth-order valence-electron chi connectivity index (χ4n) is 1.49. The summed E-state index contributed by atoms with van der Waals surface area (Å²) in [5.74, 6) is 0.590. The van der Waals surface area contributed by atoms with Crippen LogP contribution in [0.3, 0.4) is 0 Å². The number of hydrogen-bond acceptors (Lipinski definition) is 3. The highest BCUT2D eigenvalue weighted by Gasteiger charge is 2.05. The Morgan fingerprint density at radius 2 is 2.11 bits per heavy atom. The summed E-state index contributed by atoms with van der Waals surface area (Å²) in [7, 11) is 0. The van der Waals surface area contributed by atoms with E-state index in [2.05, 4.69) is 21.1 Å². The fourth-order valence-corrected chi connectivity index (χ4v) is 1.76. The van der Waals surface area contributed by atoms with Crippen LogP contribution >= 0.6 is 15.9 Å². The highest BCUT2D eigenvalue weighted by molar-refractivity contribution is 9.10. The van der Waals surface area contributed by atoms with E-state index in [0.717, 1.165) is 15.7 Å². The van der Waals surface area contributed by atoms with Crippen LogP contribution in [0.15, 0.2) is 45.4 Å². The minimum Gasteiger partial charge on any atom is -0.361 e. The molecule has 4 heteroatoms. The molecule has 3 nitrogen and oxygen atoms in total. The van der Waals surface area contributed by atoms with Crippen molar-refractivity contribution < 1.29 is 9.32 Å². The summed E-state index contributed by atoms with van der Waals surface area (Å²) in [6.45, 7) is 1.83. The maximum Gasteiger partial charge on any atom is 0.163 e. The molecule has 0 fully saturated rings. The van der Waals surface area contributed by atoms with Gasteiger partial charge in [0.1, 0.15) is 5.76 Å². The molecule has 2 rings (SSSR count). The molecule has 0 spiro atoms. The number of allylic oxidation sites excluding steroid dienone is 1. The lowest BCUT2D eigenvalue weighted by Gasteiger charge is -1.93. The molecule has 0 N–H and O–H groups in total. The van der Waals surface area contributed by atoms with E-state index < -0.39 is 0 Å². The zero-order chi connectivity index (χ0) is 13.0. The predicted octanol–water partition coefficient (Wildman–Crippen LogP) is 3.57. The number of ketones is 1. The third-order valence-corrected chi connectivity index (χ3v) is 2.89. The molecule has 0 radical (unpaired) electrons. The molecule has 18 heavy (non-hydrogen) atoms. The van der Waals surface area contributed by atoms with Gasteiger partial charge in [0.05, 0.1) is 12.1 Å². The predicted molar refractivity (Wildman–Crippen MR) is 73.1 cm³/mol. The van der Waals surface area contributed by atoms with Gasteiger partial charge in [0.25, 0.3) is 0 Å². The standard InChI is InChI=1S/C14H12BrNO2/c1-10-8-14(18-16-10)9-13(17)7-4-11-2-5-12(15)6-3-11/h2-8H,9H2,1H3/b7-4+. The van der Waals surface area contributed by atoms with Gasteiger partial charge >= 0.3 is 0 Å². The van der Waals surface area contributed by atoms with Crippen molar-refractivity contribution in [1.82, 2.24) is 5.16 Å². The van der Waals surface area contributed by atoms with Gasteiger partial charge in [-0.05, 0) is 30.7 Å². The number of carbonyl (C=O) groups is 1. The first-order valence-corrected chi connectivity index (χ1v) is 6.31.